The van der Waals surface area contributed by atoms with E-state index in [1.807, 2.05) is 66.9 Å². The third-order valence-electron chi connectivity index (χ3n) is 6.82. The van der Waals surface area contributed by atoms with Crippen molar-refractivity contribution < 1.29 is 19.2 Å². The Morgan fingerprint density at radius 2 is 1.79 bits per heavy atom. The van der Waals surface area contributed by atoms with Gasteiger partial charge in [0.25, 0.3) is 16.8 Å². The first-order valence-electron chi connectivity index (χ1n) is 12.5. The molecule has 0 radical (unpaired) electrons. The van der Waals surface area contributed by atoms with Crippen molar-refractivity contribution in [3.63, 3.8) is 0 Å². The summed E-state index contributed by atoms with van der Waals surface area (Å²) in [6.07, 6.45) is 3.78. The molecule has 3 heterocycles. The number of anilines is 1. The van der Waals surface area contributed by atoms with Gasteiger partial charge in [0.2, 0.25) is 0 Å². The number of thioether (sulfide) groups is 1. The number of rotatable bonds is 8. The molecule has 10 heteroatoms. The van der Waals surface area contributed by atoms with Gasteiger partial charge < -0.3 is 14.2 Å². The second-order valence-electron chi connectivity index (χ2n) is 9.28. The maximum Gasteiger partial charge on any atom is 0.294 e. The lowest BCUT2D eigenvalue weighted by molar-refractivity contribution is -0.384. The summed E-state index contributed by atoms with van der Waals surface area (Å²) < 4.78 is 7.58. The molecule has 2 fully saturated rings. The topological polar surface area (TPSA) is 97.9 Å². The summed E-state index contributed by atoms with van der Waals surface area (Å²) in [5, 5.41) is 11.6. The van der Waals surface area contributed by atoms with Crippen molar-refractivity contribution in [2.45, 2.75) is 26.7 Å². The number of aromatic nitrogens is 1. The summed E-state index contributed by atoms with van der Waals surface area (Å²) in [6, 6.07) is 16.5. The Balaban J connectivity index is 1.36. The van der Waals surface area contributed by atoms with E-state index in [4.69, 9.17) is 4.74 Å². The van der Waals surface area contributed by atoms with E-state index in [-0.39, 0.29) is 34.9 Å². The predicted molar refractivity (Wildman–Crippen MR) is 148 cm³/mol. The van der Waals surface area contributed by atoms with Crippen LogP contribution in [0.1, 0.15) is 29.8 Å². The third kappa shape index (κ3) is 5.04. The van der Waals surface area contributed by atoms with Gasteiger partial charge in [-0.1, -0.05) is 18.2 Å². The number of imide groups is 1. The number of ether oxygens (including phenoxy) is 1. The summed E-state index contributed by atoms with van der Waals surface area (Å²) in [7, 11) is 0. The molecular weight excluding hydrogens is 504 g/mol. The third-order valence-corrected chi connectivity index (χ3v) is 7.73. The average Bonchev–Trinajstić information content (AvgIpc) is 3.60. The smallest absolute Gasteiger partial charge is 0.294 e. The lowest BCUT2D eigenvalue weighted by Gasteiger charge is -2.19. The molecule has 0 aliphatic carbocycles. The first-order chi connectivity index (χ1) is 18.3. The minimum absolute atomic E-state index is 0.0808. The van der Waals surface area contributed by atoms with Crippen molar-refractivity contribution in [2.24, 2.45) is 0 Å². The SMILES string of the molecule is Cc1cc(/C=C2\SC(=O)N(CCOc3ccccc3)C2=O)c(C)n1-c1ccc(N2CCCC2)c([N+](=O)[O-])c1. The summed E-state index contributed by atoms with van der Waals surface area (Å²) in [6.45, 7) is 5.81. The molecule has 0 N–H and O–H groups in total. The van der Waals surface area contributed by atoms with Gasteiger partial charge in [-0.3, -0.25) is 24.6 Å². The van der Waals surface area contributed by atoms with Gasteiger partial charge in [0.05, 0.1) is 22.1 Å². The van der Waals surface area contributed by atoms with Crippen molar-refractivity contribution in [1.82, 2.24) is 9.47 Å². The number of amides is 2. The van der Waals surface area contributed by atoms with Gasteiger partial charge in [-0.25, -0.2) is 0 Å². The minimum Gasteiger partial charge on any atom is -0.492 e. The van der Waals surface area contributed by atoms with Crippen molar-refractivity contribution in [3.8, 4) is 11.4 Å². The Morgan fingerprint density at radius 1 is 1.05 bits per heavy atom. The zero-order chi connectivity index (χ0) is 26.8. The van der Waals surface area contributed by atoms with Crippen LogP contribution in [0.2, 0.25) is 0 Å². The average molecular weight is 533 g/mol. The van der Waals surface area contributed by atoms with E-state index >= 15 is 0 Å². The highest BCUT2D eigenvalue weighted by molar-refractivity contribution is 8.18. The summed E-state index contributed by atoms with van der Waals surface area (Å²) >= 11 is 0.904. The Bertz CT molecular complexity index is 1430. The van der Waals surface area contributed by atoms with E-state index in [0.29, 0.717) is 22.0 Å². The number of nitrogens with zero attached hydrogens (tertiary/aromatic N) is 4. The number of hydrogen-bond donors (Lipinski definition) is 0. The molecule has 5 rings (SSSR count). The molecule has 0 atom stereocenters. The number of carbonyl (C=O) groups excluding carboxylic acids is 2. The molecule has 0 saturated carbocycles. The highest BCUT2D eigenvalue weighted by Gasteiger charge is 2.35. The van der Waals surface area contributed by atoms with Gasteiger partial charge in [0.15, 0.2) is 0 Å². The van der Waals surface area contributed by atoms with Crippen LogP contribution in [0.15, 0.2) is 59.5 Å². The molecule has 0 spiro atoms. The van der Waals surface area contributed by atoms with Crippen LogP contribution in [0.25, 0.3) is 11.8 Å². The van der Waals surface area contributed by atoms with Gasteiger partial charge in [-0.15, -0.1) is 0 Å². The van der Waals surface area contributed by atoms with Gasteiger partial charge in [-0.05, 0) is 80.4 Å². The van der Waals surface area contributed by atoms with E-state index in [1.165, 1.54) is 4.90 Å². The largest absolute Gasteiger partial charge is 0.492 e. The molecule has 0 bridgehead atoms. The Hall–Kier alpha value is -4.05. The van der Waals surface area contributed by atoms with E-state index in [9.17, 15) is 19.7 Å². The van der Waals surface area contributed by atoms with Crippen LogP contribution in [0.4, 0.5) is 16.2 Å². The van der Waals surface area contributed by atoms with E-state index < -0.39 is 0 Å². The number of aryl methyl sites for hydroxylation is 1. The first-order valence-corrected chi connectivity index (χ1v) is 13.3. The maximum absolute atomic E-state index is 13.0. The second-order valence-corrected chi connectivity index (χ2v) is 10.3. The van der Waals surface area contributed by atoms with Gasteiger partial charge in [0, 0.05) is 30.5 Å². The van der Waals surface area contributed by atoms with E-state index in [0.717, 1.165) is 54.6 Å². The number of carbonyl (C=O) groups is 2. The number of benzene rings is 2. The maximum atomic E-state index is 13.0. The van der Waals surface area contributed by atoms with Crippen LogP contribution < -0.4 is 9.64 Å². The zero-order valence-electron chi connectivity index (χ0n) is 21.3. The van der Waals surface area contributed by atoms with Crippen molar-refractivity contribution in [2.75, 3.05) is 31.1 Å². The fraction of sp³-hybridized carbons (Fsp3) is 0.286. The standard InChI is InChI=1S/C28H28N4O5S/c1-19-16-21(17-26-27(33)30(28(34)38-26)14-15-37-23-8-4-3-5-9-23)20(2)31(19)22-10-11-24(25(18-22)32(35)36)29-12-6-7-13-29/h3-5,8-11,16-18H,6-7,12-15H2,1-2H3/b26-17-. The van der Waals surface area contributed by atoms with Crippen LogP contribution >= 0.6 is 11.8 Å². The molecule has 196 valence electrons. The van der Waals surface area contributed by atoms with Crippen molar-refractivity contribution >= 4 is 40.4 Å². The molecule has 3 aromatic rings. The van der Waals surface area contributed by atoms with Crippen molar-refractivity contribution in [1.29, 1.82) is 0 Å². The molecule has 38 heavy (non-hydrogen) atoms. The Kier molecular flexibility index (Phi) is 7.24. The highest BCUT2D eigenvalue weighted by atomic mass is 32.2. The molecular formula is C28H28N4O5S. The molecule has 1 aromatic heterocycles. The minimum atomic E-state index is -0.355. The number of nitro benzene ring substituents is 1. The number of nitro groups is 1. The fourth-order valence-electron chi connectivity index (χ4n) is 4.96. The zero-order valence-corrected chi connectivity index (χ0v) is 22.1. The van der Waals surface area contributed by atoms with E-state index in [1.54, 1.807) is 12.1 Å². The summed E-state index contributed by atoms with van der Waals surface area (Å²) in [5.74, 6) is 0.322. The quantitative estimate of drug-likeness (QED) is 0.208. The molecule has 9 nitrogen and oxygen atoms in total. The van der Waals surface area contributed by atoms with Crippen LogP contribution in [0.3, 0.4) is 0 Å². The fourth-order valence-corrected chi connectivity index (χ4v) is 5.82. The summed E-state index contributed by atoms with van der Waals surface area (Å²) in [5.41, 5.74) is 3.87. The highest BCUT2D eigenvalue weighted by Crippen LogP contribution is 2.36. The molecule has 2 aromatic carbocycles. The molecule has 2 aliphatic heterocycles. The normalized spacial score (nSPS) is 16.6. The van der Waals surface area contributed by atoms with Gasteiger partial charge >= 0.3 is 0 Å². The molecule has 2 aliphatic rings. The predicted octanol–water partition coefficient (Wildman–Crippen LogP) is 5.72. The summed E-state index contributed by atoms with van der Waals surface area (Å²) in [4.78, 5) is 40.7. The van der Waals surface area contributed by atoms with Gasteiger partial charge in [-0.2, -0.15) is 0 Å². The van der Waals surface area contributed by atoms with Crippen molar-refractivity contribution in [3.05, 3.63) is 86.6 Å². The Labute approximate surface area is 224 Å². The van der Waals surface area contributed by atoms with Crippen LogP contribution in [0.5, 0.6) is 5.75 Å². The molecule has 0 unspecified atom stereocenters. The molecule has 2 amide bonds. The lowest BCUT2D eigenvalue weighted by Crippen LogP contribution is -2.32. The second kappa shape index (κ2) is 10.7. The Morgan fingerprint density at radius 3 is 2.50 bits per heavy atom. The van der Waals surface area contributed by atoms with Crippen LogP contribution in [-0.2, 0) is 4.79 Å². The number of hydrogen-bond acceptors (Lipinski definition) is 7. The monoisotopic (exact) mass is 532 g/mol. The molecule has 2 saturated heterocycles. The van der Waals surface area contributed by atoms with E-state index in [2.05, 4.69) is 4.90 Å². The van der Waals surface area contributed by atoms with Gasteiger partial charge in [0.1, 0.15) is 18.0 Å². The first kappa shape index (κ1) is 25.6. The van der Waals surface area contributed by atoms with Crippen LogP contribution in [-0.4, -0.2) is 51.8 Å². The van der Waals surface area contributed by atoms with Crippen LogP contribution in [0, 0.1) is 24.0 Å². The number of para-hydroxylation sites is 1. The lowest BCUT2D eigenvalue weighted by atomic mass is 10.2.